The number of anilines is 1. The van der Waals surface area contributed by atoms with Crippen LogP contribution in [0, 0.1) is 0 Å². The Bertz CT molecular complexity index is 1250. The molecule has 202 valence electrons. The zero-order valence-corrected chi connectivity index (χ0v) is 24.4. The number of rotatable bonds is 9. The standard InChI is InChI=1S/C25H29Cl4N3O4S/c1-16(25(34)30-19-6-4-3-5-7-19)31(14-17-8-9-18(26)12-22(17)28)24(33)15-32(37(2,35)36)20-10-11-21(27)23(29)13-20/h8-13,16,19H,3-7,14-15H2,1-2H3,(H,30,34)/t16-/m1/s1. The van der Waals surface area contributed by atoms with Crippen molar-refractivity contribution in [3.8, 4) is 0 Å². The van der Waals surface area contributed by atoms with Crippen LogP contribution in [0.15, 0.2) is 36.4 Å². The molecule has 0 bridgehead atoms. The minimum Gasteiger partial charge on any atom is -0.352 e. The zero-order chi connectivity index (χ0) is 27.3. The molecule has 37 heavy (non-hydrogen) atoms. The number of carbonyl (C=O) groups is 2. The first-order chi connectivity index (χ1) is 17.4. The van der Waals surface area contributed by atoms with Gasteiger partial charge in [0.05, 0.1) is 22.0 Å². The monoisotopic (exact) mass is 607 g/mol. The number of amides is 2. The molecule has 1 N–H and O–H groups in total. The quantitative estimate of drug-likeness (QED) is 0.382. The predicted molar refractivity (Wildman–Crippen MR) is 150 cm³/mol. The lowest BCUT2D eigenvalue weighted by atomic mass is 9.95. The molecule has 7 nitrogen and oxygen atoms in total. The molecule has 3 rings (SSSR count). The molecule has 2 aromatic rings. The normalized spacial score (nSPS) is 15.2. The van der Waals surface area contributed by atoms with Gasteiger partial charge in [0.25, 0.3) is 0 Å². The molecule has 0 radical (unpaired) electrons. The first kappa shape index (κ1) is 29.8. The van der Waals surface area contributed by atoms with Crippen molar-refractivity contribution in [2.75, 3.05) is 17.1 Å². The topological polar surface area (TPSA) is 86.8 Å². The summed E-state index contributed by atoms with van der Waals surface area (Å²) in [6.07, 6.45) is 5.97. The maximum Gasteiger partial charge on any atom is 0.244 e. The molecule has 1 aliphatic carbocycles. The summed E-state index contributed by atoms with van der Waals surface area (Å²) >= 11 is 24.5. The van der Waals surface area contributed by atoms with Gasteiger partial charge in [-0.2, -0.15) is 0 Å². The highest BCUT2D eigenvalue weighted by molar-refractivity contribution is 7.92. The molecule has 1 saturated carbocycles. The second-order valence-corrected chi connectivity index (χ2v) is 12.7. The van der Waals surface area contributed by atoms with E-state index in [1.165, 1.54) is 23.1 Å². The Morgan fingerprint density at radius 1 is 0.973 bits per heavy atom. The first-order valence-electron chi connectivity index (χ1n) is 11.8. The maximum absolute atomic E-state index is 13.7. The molecule has 2 amide bonds. The number of benzene rings is 2. The van der Waals surface area contributed by atoms with Crippen molar-refractivity contribution in [2.45, 2.75) is 57.7 Å². The molecule has 2 aromatic carbocycles. The lowest BCUT2D eigenvalue weighted by Gasteiger charge is -2.33. The van der Waals surface area contributed by atoms with Gasteiger partial charge in [-0.1, -0.05) is 71.7 Å². The predicted octanol–water partition coefficient (Wildman–Crippen LogP) is 5.93. The van der Waals surface area contributed by atoms with Crippen LogP contribution in [0.5, 0.6) is 0 Å². The van der Waals surface area contributed by atoms with E-state index in [9.17, 15) is 18.0 Å². The van der Waals surface area contributed by atoms with Gasteiger partial charge in [0.1, 0.15) is 12.6 Å². The Hall–Kier alpha value is -1.71. The minimum atomic E-state index is -3.89. The summed E-state index contributed by atoms with van der Waals surface area (Å²) in [5.41, 5.74) is 0.742. The van der Waals surface area contributed by atoms with Gasteiger partial charge in [0.2, 0.25) is 21.8 Å². The third kappa shape index (κ3) is 8.14. The molecule has 0 heterocycles. The van der Waals surface area contributed by atoms with E-state index in [2.05, 4.69) is 5.32 Å². The van der Waals surface area contributed by atoms with Crippen LogP contribution in [0.1, 0.15) is 44.6 Å². The van der Waals surface area contributed by atoms with Gasteiger partial charge in [-0.15, -0.1) is 0 Å². The zero-order valence-electron chi connectivity index (χ0n) is 20.5. The summed E-state index contributed by atoms with van der Waals surface area (Å²) in [6, 6.07) is 8.29. The Morgan fingerprint density at radius 3 is 2.24 bits per heavy atom. The Kier molecular flexibility index (Phi) is 10.4. The second-order valence-electron chi connectivity index (χ2n) is 9.14. The van der Waals surface area contributed by atoms with Gasteiger partial charge in [-0.3, -0.25) is 13.9 Å². The van der Waals surface area contributed by atoms with E-state index in [1.54, 1.807) is 25.1 Å². The lowest BCUT2D eigenvalue weighted by molar-refractivity contribution is -0.139. The third-order valence-corrected chi connectivity index (χ3v) is 8.81. The molecule has 1 fully saturated rings. The smallest absolute Gasteiger partial charge is 0.244 e. The lowest BCUT2D eigenvalue weighted by Crippen LogP contribution is -2.53. The molecule has 0 aromatic heterocycles. The largest absolute Gasteiger partial charge is 0.352 e. The number of sulfonamides is 1. The number of hydrogen-bond donors (Lipinski definition) is 1. The fourth-order valence-electron chi connectivity index (χ4n) is 4.24. The number of carbonyl (C=O) groups excluding carboxylic acids is 2. The van der Waals surface area contributed by atoms with E-state index in [0.717, 1.165) is 42.7 Å². The van der Waals surface area contributed by atoms with Crippen LogP contribution in [-0.2, 0) is 26.2 Å². The summed E-state index contributed by atoms with van der Waals surface area (Å²) in [6.45, 7) is 1.04. The van der Waals surface area contributed by atoms with E-state index in [0.29, 0.717) is 15.6 Å². The number of hydrogen-bond acceptors (Lipinski definition) is 4. The highest BCUT2D eigenvalue weighted by Crippen LogP contribution is 2.29. The van der Waals surface area contributed by atoms with Crippen molar-refractivity contribution in [3.63, 3.8) is 0 Å². The highest BCUT2D eigenvalue weighted by Gasteiger charge is 2.31. The number of halogens is 4. The van der Waals surface area contributed by atoms with Gasteiger partial charge in [0.15, 0.2) is 0 Å². The van der Waals surface area contributed by atoms with E-state index in [-0.39, 0.29) is 34.2 Å². The molecule has 1 atom stereocenters. The van der Waals surface area contributed by atoms with Crippen LogP contribution < -0.4 is 9.62 Å². The fourth-order valence-corrected chi connectivity index (χ4v) is 5.84. The van der Waals surface area contributed by atoms with Crippen LogP contribution in [0.3, 0.4) is 0 Å². The van der Waals surface area contributed by atoms with Gasteiger partial charge >= 0.3 is 0 Å². The first-order valence-corrected chi connectivity index (χ1v) is 15.2. The van der Waals surface area contributed by atoms with Crippen molar-refractivity contribution < 1.29 is 18.0 Å². The highest BCUT2D eigenvalue weighted by atomic mass is 35.5. The van der Waals surface area contributed by atoms with E-state index >= 15 is 0 Å². The Labute approximate surface area is 238 Å². The van der Waals surface area contributed by atoms with Crippen molar-refractivity contribution in [1.82, 2.24) is 10.2 Å². The van der Waals surface area contributed by atoms with Crippen molar-refractivity contribution >= 4 is 73.9 Å². The average molecular weight is 609 g/mol. The minimum absolute atomic E-state index is 0.0208. The van der Waals surface area contributed by atoms with E-state index < -0.39 is 28.5 Å². The second kappa shape index (κ2) is 12.9. The summed E-state index contributed by atoms with van der Waals surface area (Å²) in [7, 11) is -3.89. The van der Waals surface area contributed by atoms with Gasteiger partial charge in [-0.25, -0.2) is 8.42 Å². The van der Waals surface area contributed by atoms with Gasteiger partial charge in [-0.05, 0) is 55.7 Å². The summed E-state index contributed by atoms with van der Waals surface area (Å²) < 4.78 is 26.3. The van der Waals surface area contributed by atoms with Crippen LogP contribution in [-0.4, -0.2) is 50.0 Å². The summed E-state index contributed by atoms with van der Waals surface area (Å²) in [5.74, 6) is -0.903. The van der Waals surface area contributed by atoms with Crippen LogP contribution >= 0.6 is 46.4 Å². The van der Waals surface area contributed by atoms with Crippen LogP contribution in [0.25, 0.3) is 0 Å². The third-order valence-electron chi connectivity index (χ3n) is 6.35. The Morgan fingerprint density at radius 2 is 1.65 bits per heavy atom. The van der Waals surface area contributed by atoms with Gasteiger partial charge in [0, 0.05) is 22.6 Å². The van der Waals surface area contributed by atoms with Crippen molar-refractivity contribution in [1.29, 1.82) is 0 Å². The summed E-state index contributed by atoms with van der Waals surface area (Å²) in [5, 5.41) is 4.19. The fraction of sp³-hybridized carbons (Fsp3) is 0.440. The molecular weight excluding hydrogens is 580 g/mol. The molecule has 1 aliphatic rings. The molecular formula is C25H29Cl4N3O4S. The molecule has 0 unspecified atom stereocenters. The van der Waals surface area contributed by atoms with Crippen LogP contribution in [0.4, 0.5) is 5.69 Å². The Balaban J connectivity index is 1.91. The average Bonchev–Trinajstić information content (AvgIpc) is 2.83. The van der Waals surface area contributed by atoms with Crippen molar-refractivity contribution in [2.24, 2.45) is 0 Å². The van der Waals surface area contributed by atoms with Gasteiger partial charge < -0.3 is 10.2 Å². The molecule has 0 spiro atoms. The van der Waals surface area contributed by atoms with Crippen LogP contribution in [0.2, 0.25) is 20.1 Å². The maximum atomic E-state index is 13.7. The van der Waals surface area contributed by atoms with E-state index in [4.69, 9.17) is 46.4 Å². The molecule has 12 heteroatoms. The SMILES string of the molecule is C[C@H](C(=O)NC1CCCCC1)N(Cc1ccc(Cl)cc1Cl)C(=O)CN(c1ccc(Cl)c(Cl)c1)S(C)(=O)=O. The number of nitrogens with one attached hydrogen (secondary N) is 1. The van der Waals surface area contributed by atoms with E-state index in [1.807, 2.05) is 0 Å². The molecule has 0 saturated heterocycles. The van der Waals surface area contributed by atoms with Crippen molar-refractivity contribution in [3.05, 3.63) is 62.1 Å². The number of nitrogens with zero attached hydrogens (tertiary/aromatic N) is 2. The summed E-state index contributed by atoms with van der Waals surface area (Å²) in [4.78, 5) is 28.2. The molecule has 0 aliphatic heterocycles.